The van der Waals surface area contributed by atoms with Gasteiger partial charge in [-0.1, -0.05) is 23.7 Å². The number of hydrogen-bond donors (Lipinski definition) is 1. The summed E-state index contributed by atoms with van der Waals surface area (Å²) in [5, 5.41) is 4.89. The maximum Gasteiger partial charge on any atom is 0.0888 e. The average molecular weight is 207 g/mol. The van der Waals surface area contributed by atoms with Crippen LogP contribution in [-0.4, -0.2) is 12.0 Å². The van der Waals surface area contributed by atoms with Gasteiger partial charge in [-0.2, -0.15) is 0 Å². The van der Waals surface area contributed by atoms with Crippen molar-refractivity contribution in [2.24, 2.45) is 0 Å². The van der Waals surface area contributed by atoms with Crippen molar-refractivity contribution in [3.63, 3.8) is 0 Å². The molecule has 72 valence electrons. The molecule has 2 aromatic rings. The number of nitrogens with zero attached hydrogens (tertiary/aromatic N) is 1. The van der Waals surface area contributed by atoms with E-state index >= 15 is 0 Å². The van der Waals surface area contributed by atoms with Crippen molar-refractivity contribution < 1.29 is 0 Å². The Bertz CT molecular complexity index is 454. The highest BCUT2D eigenvalue weighted by Crippen LogP contribution is 2.21. The van der Waals surface area contributed by atoms with E-state index in [1.807, 2.05) is 31.4 Å². The predicted octanol–water partition coefficient (Wildman–Crippen LogP) is 2.61. The molecule has 0 aliphatic rings. The molecule has 0 aliphatic carbocycles. The molecule has 3 heteroatoms. The van der Waals surface area contributed by atoms with Gasteiger partial charge in [-0.25, -0.2) is 0 Å². The summed E-state index contributed by atoms with van der Waals surface area (Å²) < 4.78 is 0. The zero-order valence-corrected chi connectivity index (χ0v) is 8.67. The molecule has 0 fully saturated rings. The van der Waals surface area contributed by atoms with Crippen LogP contribution < -0.4 is 5.32 Å². The number of aromatic nitrogens is 1. The summed E-state index contributed by atoms with van der Waals surface area (Å²) in [5.41, 5.74) is 2.04. The first-order chi connectivity index (χ1) is 6.81. The summed E-state index contributed by atoms with van der Waals surface area (Å²) in [5.74, 6) is 0. The standard InChI is InChI=1S/C11H11ClN2/c1-13-6-8-5-9-3-2-4-10(12)11(9)14-7-8/h2-5,7,13H,6H2,1H3. The van der Waals surface area contributed by atoms with Crippen LogP contribution in [0.1, 0.15) is 5.56 Å². The number of rotatable bonds is 2. The third-order valence-electron chi connectivity index (χ3n) is 2.10. The van der Waals surface area contributed by atoms with Gasteiger partial charge >= 0.3 is 0 Å². The van der Waals surface area contributed by atoms with Crippen LogP contribution in [0.3, 0.4) is 0 Å². The van der Waals surface area contributed by atoms with E-state index in [-0.39, 0.29) is 0 Å². The van der Waals surface area contributed by atoms with Crippen molar-refractivity contribution in [1.29, 1.82) is 0 Å². The lowest BCUT2D eigenvalue weighted by molar-refractivity contribution is 0.815. The molecular weight excluding hydrogens is 196 g/mol. The van der Waals surface area contributed by atoms with Gasteiger partial charge in [0, 0.05) is 18.1 Å². The van der Waals surface area contributed by atoms with Crippen molar-refractivity contribution in [3.05, 3.63) is 41.0 Å². The number of para-hydroxylation sites is 1. The van der Waals surface area contributed by atoms with Gasteiger partial charge in [0.25, 0.3) is 0 Å². The first-order valence-electron chi connectivity index (χ1n) is 4.49. The molecule has 0 amide bonds. The Balaban J connectivity index is 2.56. The van der Waals surface area contributed by atoms with Gasteiger partial charge in [0.05, 0.1) is 10.5 Å². The number of nitrogens with one attached hydrogen (secondary N) is 1. The number of benzene rings is 1. The molecule has 0 atom stereocenters. The topological polar surface area (TPSA) is 24.9 Å². The van der Waals surface area contributed by atoms with Crippen molar-refractivity contribution >= 4 is 22.5 Å². The Hall–Kier alpha value is -1.12. The third-order valence-corrected chi connectivity index (χ3v) is 2.40. The minimum atomic E-state index is 0.707. The Morgan fingerprint density at radius 1 is 1.43 bits per heavy atom. The largest absolute Gasteiger partial charge is 0.316 e. The van der Waals surface area contributed by atoms with E-state index in [9.17, 15) is 0 Å². The zero-order chi connectivity index (χ0) is 9.97. The predicted molar refractivity (Wildman–Crippen MR) is 59.5 cm³/mol. The molecule has 0 saturated carbocycles. The van der Waals surface area contributed by atoms with Crippen LogP contribution >= 0.6 is 11.6 Å². The Morgan fingerprint density at radius 2 is 2.29 bits per heavy atom. The van der Waals surface area contributed by atoms with E-state index in [4.69, 9.17) is 11.6 Å². The first kappa shape index (κ1) is 9.44. The molecule has 1 aromatic carbocycles. The smallest absolute Gasteiger partial charge is 0.0888 e. The SMILES string of the molecule is CNCc1cnc2c(Cl)cccc2c1. The summed E-state index contributed by atoms with van der Waals surface area (Å²) in [7, 11) is 1.92. The Labute approximate surface area is 87.9 Å². The van der Waals surface area contributed by atoms with Crippen molar-refractivity contribution in [3.8, 4) is 0 Å². The van der Waals surface area contributed by atoms with Crippen molar-refractivity contribution in [1.82, 2.24) is 10.3 Å². The fourth-order valence-electron chi connectivity index (χ4n) is 1.47. The maximum absolute atomic E-state index is 6.01. The highest BCUT2D eigenvalue weighted by Gasteiger charge is 2.00. The van der Waals surface area contributed by atoms with Crippen LogP contribution in [0.5, 0.6) is 0 Å². The number of pyridine rings is 1. The second-order valence-electron chi connectivity index (χ2n) is 3.19. The Kier molecular flexibility index (Phi) is 2.66. The minimum absolute atomic E-state index is 0.707. The maximum atomic E-state index is 6.01. The molecule has 14 heavy (non-hydrogen) atoms. The summed E-state index contributed by atoms with van der Waals surface area (Å²) in [6.45, 7) is 0.829. The van der Waals surface area contributed by atoms with E-state index in [2.05, 4.69) is 16.4 Å². The number of halogens is 1. The van der Waals surface area contributed by atoms with Crippen molar-refractivity contribution in [2.75, 3.05) is 7.05 Å². The van der Waals surface area contributed by atoms with Crippen LogP contribution in [-0.2, 0) is 6.54 Å². The van der Waals surface area contributed by atoms with E-state index in [1.54, 1.807) is 0 Å². The van der Waals surface area contributed by atoms with E-state index in [0.717, 1.165) is 17.4 Å². The lowest BCUT2D eigenvalue weighted by atomic mass is 10.1. The van der Waals surface area contributed by atoms with Gasteiger partial charge in [0.15, 0.2) is 0 Å². The second kappa shape index (κ2) is 3.95. The van der Waals surface area contributed by atoms with Crippen molar-refractivity contribution in [2.45, 2.75) is 6.54 Å². The third kappa shape index (κ3) is 1.72. The molecule has 1 N–H and O–H groups in total. The van der Waals surface area contributed by atoms with Crippen LogP contribution in [0.25, 0.3) is 10.9 Å². The highest BCUT2D eigenvalue weighted by atomic mass is 35.5. The Morgan fingerprint density at radius 3 is 3.07 bits per heavy atom. The molecule has 2 rings (SSSR count). The van der Waals surface area contributed by atoms with E-state index < -0.39 is 0 Å². The summed E-state index contributed by atoms with van der Waals surface area (Å²) >= 11 is 6.01. The molecule has 0 radical (unpaired) electrons. The van der Waals surface area contributed by atoms with E-state index in [0.29, 0.717) is 5.02 Å². The lowest BCUT2D eigenvalue weighted by Gasteiger charge is -2.03. The summed E-state index contributed by atoms with van der Waals surface area (Å²) in [6, 6.07) is 7.92. The monoisotopic (exact) mass is 206 g/mol. The van der Waals surface area contributed by atoms with Crippen LogP contribution in [0.2, 0.25) is 5.02 Å². The molecule has 1 aromatic heterocycles. The molecule has 0 spiro atoms. The van der Waals surface area contributed by atoms with Gasteiger partial charge in [-0.15, -0.1) is 0 Å². The molecule has 2 nitrogen and oxygen atoms in total. The molecule has 1 heterocycles. The number of fused-ring (bicyclic) bond motifs is 1. The molecular formula is C11H11ClN2. The van der Waals surface area contributed by atoms with E-state index in [1.165, 1.54) is 5.56 Å². The summed E-state index contributed by atoms with van der Waals surface area (Å²) in [6.07, 6.45) is 1.85. The molecule has 0 unspecified atom stereocenters. The summed E-state index contributed by atoms with van der Waals surface area (Å²) in [4.78, 5) is 4.33. The molecule has 0 aliphatic heterocycles. The van der Waals surface area contributed by atoms with Gasteiger partial charge in [-0.3, -0.25) is 4.98 Å². The van der Waals surface area contributed by atoms with Gasteiger partial charge in [-0.05, 0) is 24.7 Å². The minimum Gasteiger partial charge on any atom is -0.316 e. The first-order valence-corrected chi connectivity index (χ1v) is 4.87. The molecule has 0 bridgehead atoms. The number of hydrogen-bond acceptors (Lipinski definition) is 2. The van der Waals surface area contributed by atoms with Gasteiger partial charge < -0.3 is 5.32 Å². The van der Waals surface area contributed by atoms with Crippen LogP contribution in [0, 0.1) is 0 Å². The van der Waals surface area contributed by atoms with Gasteiger partial charge in [0.2, 0.25) is 0 Å². The molecule has 0 saturated heterocycles. The van der Waals surface area contributed by atoms with Crippen LogP contribution in [0.15, 0.2) is 30.5 Å². The second-order valence-corrected chi connectivity index (χ2v) is 3.59. The van der Waals surface area contributed by atoms with Gasteiger partial charge in [0.1, 0.15) is 0 Å². The average Bonchev–Trinajstić information content (AvgIpc) is 2.18. The normalized spacial score (nSPS) is 10.7. The quantitative estimate of drug-likeness (QED) is 0.817. The van der Waals surface area contributed by atoms with Crippen LogP contribution in [0.4, 0.5) is 0 Å². The fraction of sp³-hybridized carbons (Fsp3) is 0.182. The highest BCUT2D eigenvalue weighted by molar-refractivity contribution is 6.35. The fourth-order valence-corrected chi connectivity index (χ4v) is 1.70. The zero-order valence-electron chi connectivity index (χ0n) is 7.92. The lowest BCUT2D eigenvalue weighted by Crippen LogP contribution is -2.05.